The Morgan fingerprint density at radius 1 is 0.364 bits per heavy atom. The van der Waals surface area contributed by atoms with Crippen LogP contribution in [0.15, 0.2) is 103 Å². The van der Waals surface area contributed by atoms with Gasteiger partial charge in [-0.25, -0.2) is 0 Å². The number of benzene rings is 4. The summed E-state index contributed by atoms with van der Waals surface area (Å²) in [5.74, 6) is 0. The van der Waals surface area contributed by atoms with Crippen LogP contribution in [0.25, 0.3) is 11.1 Å². The fourth-order valence-electron chi connectivity index (χ4n) is 4.85. The summed E-state index contributed by atoms with van der Waals surface area (Å²) >= 11 is 0. The Labute approximate surface area is 276 Å². The van der Waals surface area contributed by atoms with Gasteiger partial charge in [0, 0.05) is 25.3 Å². The molecular formula is C43H71N. The molecule has 0 N–H and O–H groups in total. The van der Waals surface area contributed by atoms with Crippen molar-refractivity contribution in [1.82, 2.24) is 0 Å². The van der Waals surface area contributed by atoms with E-state index in [1.165, 1.54) is 39.1 Å². The Balaban J connectivity index is -0.000000438. The molecule has 0 saturated carbocycles. The molecule has 1 aliphatic carbocycles. The molecule has 0 aliphatic heterocycles. The van der Waals surface area contributed by atoms with Gasteiger partial charge in [-0.15, -0.1) is 0 Å². The van der Waals surface area contributed by atoms with Gasteiger partial charge in [-0.1, -0.05) is 208 Å². The van der Waals surface area contributed by atoms with Crippen LogP contribution >= 0.6 is 0 Å². The average molecular weight is 602 g/mol. The maximum absolute atomic E-state index is 2.30. The highest BCUT2D eigenvalue weighted by molar-refractivity contribution is 5.90. The lowest BCUT2D eigenvalue weighted by Gasteiger charge is -2.36. The fraction of sp³-hybridized carbons (Fsp3) is 0.442. The molecule has 1 heteroatoms. The second-order valence-corrected chi connectivity index (χ2v) is 7.62. The lowest BCUT2D eigenvalue weighted by atomic mass is 9.67. The Bertz CT molecular complexity index is 1090. The van der Waals surface area contributed by atoms with E-state index in [-0.39, 0.29) is 5.41 Å². The van der Waals surface area contributed by atoms with Gasteiger partial charge in [0.15, 0.2) is 0 Å². The first-order valence-corrected chi connectivity index (χ1v) is 17.8. The van der Waals surface area contributed by atoms with E-state index in [1.807, 2.05) is 111 Å². The van der Waals surface area contributed by atoms with Crippen molar-refractivity contribution in [2.45, 2.75) is 116 Å². The molecule has 4 aromatic rings. The van der Waals surface area contributed by atoms with Crippen molar-refractivity contribution in [3.63, 3.8) is 0 Å². The third-order valence-corrected chi connectivity index (χ3v) is 5.93. The summed E-state index contributed by atoms with van der Waals surface area (Å²) in [5.41, 5.74) is 8.94. The normalized spacial score (nSPS) is 9.77. The number of rotatable bonds is 3. The van der Waals surface area contributed by atoms with E-state index in [0.717, 1.165) is 0 Å². The molecule has 0 bridgehead atoms. The van der Waals surface area contributed by atoms with E-state index >= 15 is 0 Å². The van der Waals surface area contributed by atoms with Crippen molar-refractivity contribution >= 4 is 5.69 Å². The minimum absolute atomic E-state index is 0.324. The van der Waals surface area contributed by atoms with Crippen LogP contribution in [0.1, 0.15) is 133 Å². The van der Waals surface area contributed by atoms with Gasteiger partial charge in [-0.05, 0) is 33.9 Å². The summed E-state index contributed by atoms with van der Waals surface area (Å²) in [6.45, 7) is 32.0. The predicted molar refractivity (Wildman–Crippen MR) is 209 cm³/mol. The second kappa shape index (κ2) is 31.1. The van der Waals surface area contributed by atoms with Crippen molar-refractivity contribution in [3.8, 4) is 11.1 Å². The number of hydrogen-bond donors (Lipinski definition) is 0. The Kier molecular flexibility index (Phi) is 33.7. The van der Waals surface area contributed by atoms with E-state index in [0.29, 0.717) is 0 Å². The van der Waals surface area contributed by atoms with Gasteiger partial charge in [0.1, 0.15) is 0 Å². The molecule has 44 heavy (non-hydrogen) atoms. The van der Waals surface area contributed by atoms with Crippen molar-refractivity contribution in [2.75, 3.05) is 19.0 Å². The molecule has 0 atom stereocenters. The quantitative estimate of drug-likeness (QED) is 0.199. The van der Waals surface area contributed by atoms with Crippen molar-refractivity contribution in [2.24, 2.45) is 0 Å². The van der Waals surface area contributed by atoms with Gasteiger partial charge < -0.3 is 4.90 Å². The molecule has 0 saturated heterocycles. The lowest BCUT2D eigenvalue weighted by molar-refractivity contribution is 0.765. The Hall–Kier alpha value is -3.32. The minimum atomic E-state index is -0.324. The Morgan fingerprint density at radius 3 is 1.09 bits per heavy atom. The largest absolute Gasteiger partial charge is 0.377 e. The van der Waals surface area contributed by atoms with Crippen molar-refractivity contribution in [3.05, 3.63) is 125 Å². The van der Waals surface area contributed by atoms with Crippen LogP contribution in [0.5, 0.6) is 0 Å². The van der Waals surface area contributed by atoms with E-state index in [4.69, 9.17) is 0 Å². The molecule has 4 aromatic carbocycles. The van der Waals surface area contributed by atoms with Crippen LogP contribution in [-0.4, -0.2) is 14.1 Å². The smallest absolute Gasteiger partial charge is 0.0733 e. The molecule has 0 fully saturated rings. The van der Waals surface area contributed by atoms with Crippen LogP contribution in [0.3, 0.4) is 0 Å². The highest BCUT2D eigenvalue weighted by Gasteiger charge is 2.47. The Morgan fingerprint density at radius 2 is 0.705 bits per heavy atom. The summed E-state index contributed by atoms with van der Waals surface area (Å²) in [6.07, 6.45) is 0. The summed E-state index contributed by atoms with van der Waals surface area (Å²) in [6, 6.07) is 37.5. The summed E-state index contributed by atoms with van der Waals surface area (Å²) in [5, 5.41) is 0. The van der Waals surface area contributed by atoms with E-state index < -0.39 is 0 Å². The maximum Gasteiger partial charge on any atom is 0.0733 e. The molecule has 5 rings (SSSR count). The van der Waals surface area contributed by atoms with E-state index in [1.54, 1.807) is 0 Å². The molecule has 0 radical (unpaired) electrons. The SMILES string of the molecule is CC.CC.CC.CC.CC.CC.CC.CC.CN(C)c1cccc2c1C(c1ccccc1)(c1ccccc1)c1ccccc1-2. The van der Waals surface area contributed by atoms with E-state index in [9.17, 15) is 0 Å². The highest BCUT2D eigenvalue weighted by Crippen LogP contribution is 2.58. The van der Waals surface area contributed by atoms with Crippen LogP contribution in [0, 0.1) is 0 Å². The minimum Gasteiger partial charge on any atom is -0.377 e. The average Bonchev–Trinajstić information content (AvgIpc) is 3.47. The highest BCUT2D eigenvalue weighted by atomic mass is 15.1. The van der Waals surface area contributed by atoms with Gasteiger partial charge in [-0.2, -0.15) is 0 Å². The standard InChI is InChI=1S/C27H23N.8C2H6/c1-28(2)25-19-11-17-23-22-16-9-10-18-24(22)27(26(23)25,20-12-5-3-6-13-20)21-14-7-4-8-15-21;8*1-2/h3-19H,1-2H3;8*1-2H3. The van der Waals surface area contributed by atoms with Crippen molar-refractivity contribution < 1.29 is 0 Å². The molecule has 1 aliphatic rings. The topological polar surface area (TPSA) is 3.24 Å². The zero-order valence-electron chi connectivity index (χ0n) is 32.3. The van der Waals surface area contributed by atoms with Gasteiger partial charge >= 0.3 is 0 Å². The zero-order chi connectivity index (χ0) is 35.1. The third kappa shape index (κ3) is 11.3. The predicted octanol–water partition coefficient (Wildman–Crippen LogP) is 14.3. The first kappa shape index (κ1) is 47.6. The molecule has 0 spiro atoms. The molecule has 0 amide bonds. The summed E-state index contributed by atoms with van der Waals surface area (Å²) in [7, 11) is 4.28. The number of fused-ring (bicyclic) bond motifs is 3. The van der Waals surface area contributed by atoms with Crippen molar-refractivity contribution in [1.29, 1.82) is 0 Å². The first-order chi connectivity index (χ1) is 21.7. The van der Waals surface area contributed by atoms with Crippen LogP contribution in [0.2, 0.25) is 0 Å². The number of nitrogens with zero attached hydrogens (tertiary/aromatic N) is 1. The first-order valence-electron chi connectivity index (χ1n) is 17.8. The molecule has 0 aromatic heterocycles. The molecular weight excluding hydrogens is 530 g/mol. The van der Waals surface area contributed by atoms with Gasteiger partial charge in [-0.3, -0.25) is 0 Å². The van der Waals surface area contributed by atoms with Gasteiger partial charge in [0.05, 0.1) is 5.41 Å². The third-order valence-electron chi connectivity index (χ3n) is 5.93. The second-order valence-electron chi connectivity index (χ2n) is 7.62. The fourth-order valence-corrected chi connectivity index (χ4v) is 4.85. The van der Waals surface area contributed by atoms with Gasteiger partial charge in [0.2, 0.25) is 0 Å². The van der Waals surface area contributed by atoms with Crippen LogP contribution in [0.4, 0.5) is 5.69 Å². The molecule has 1 nitrogen and oxygen atoms in total. The maximum atomic E-state index is 2.30. The summed E-state index contributed by atoms with van der Waals surface area (Å²) in [4.78, 5) is 2.24. The van der Waals surface area contributed by atoms with E-state index in [2.05, 4.69) is 122 Å². The molecule has 0 unspecified atom stereocenters. The number of hydrogen-bond acceptors (Lipinski definition) is 1. The number of anilines is 1. The van der Waals surface area contributed by atoms with Gasteiger partial charge in [0.25, 0.3) is 0 Å². The lowest BCUT2D eigenvalue weighted by Crippen LogP contribution is -2.30. The monoisotopic (exact) mass is 602 g/mol. The van der Waals surface area contributed by atoms with Crippen LogP contribution in [-0.2, 0) is 5.41 Å². The summed E-state index contributed by atoms with van der Waals surface area (Å²) < 4.78 is 0. The molecule has 248 valence electrons. The van der Waals surface area contributed by atoms with Crippen LogP contribution < -0.4 is 4.90 Å². The molecule has 0 heterocycles. The zero-order valence-corrected chi connectivity index (χ0v) is 32.3.